The minimum Gasteiger partial charge on any atom is -0.371 e. The number of hydrogen-bond acceptors (Lipinski definition) is 3. The van der Waals surface area contributed by atoms with Gasteiger partial charge in [0.1, 0.15) is 5.82 Å². The van der Waals surface area contributed by atoms with Crippen LogP contribution in [0, 0.1) is 5.82 Å². The van der Waals surface area contributed by atoms with Crippen molar-refractivity contribution in [3.63, 3.8) is 0 Å². The number of benzene rings is 3. The first-order valence-corrected chi connectivity index (χ1v) is 12.1. The highest BCUT2D eigenvalue weighted by Crippen LogP contribution is 2.28. The predicted molar refractivity (Wildman–Crippen MR) is 139 cm³/mol. The largest absolute Gasteiger partial charge is 0.371 e. The number of amides is 3. The molecule has 35 heavy (non-hydrogen) atoms. The van der Waals surface area contributed by atoms with Crippen molar-refractivity contribution in [1.29, 1.82) is 0 Å². The molecular weight excluding hydrogens is 467 g/mol. The van der Waals surface area contributed by atoms with Crippen LogP contribution in [0.3, 0.4) is 0 Å². The molecule has 1 heterocycles. The number of urea groups is 1. The third-order valence-electron chi connectivity index (χ3n) is 6.02. The molecule has 1 atom stereocenters. The summed E-state index contributed by atoms with van der Waals surface area (Å²) in [6, 6.07) is 18.3. The minimum atomic E-state index is -0.564. The maximum Gasteiger partial charge on any atom is 0.323 e. The van der Waals surface area contributed by atoms with E-state index in [1.165, 1.54) is 24.6 Å². The Hall–Kier alpha value is -3.58. The lowest BCUT2D eigenvalue weighted by Crippen LogP contribution is -2.33. The van der Waals surface area contributed by atoms with Gasteiger partial charge >= 0.3 is 6.03 Å². The highest BCUT2D eigenvalue weighted by Gasteiger charge is 2.21. The summed E-state index contributed by atoms with van der Waals surface area (Å²) in [6.45, 7) is 3.71. The van der Waals surface area contributed by atoms with Crippen LogP contribution in [-0.2, 0) is 0 Å². The van der Waals surface area contributed by atoms with Crippen LogP contribution in [0.1, 0.15) is 48.1 Å². The van der Waals surface area contributed by atoms with Gasteiger partial charge in [-0.3, -0.25) is 4.79 Å². The van der Waals surface area contributed by atoms with Gasteiger partial charge in [0, 0.05) is 30.2 Å². The maximum atomic E-state index is 13.4. The van der Waals surface area contributed by atoms with Crippen LogP contribution in [0.25, 0.3) is 0 Å². The van der Waals surface area contributed by atoms with Crippen molar-refractivity contribution in [2.24, 2.45) is 0 Å². The number of anilines is 3. The minimum absolute atomic E-state index is 0.0832. The molecule has 1 aliphatic rings. The molecule has 4 rings (SSSR count). The Balaban J connectivity index is 1.54. The Morgan fingerprint density at radius 3 is 2.26 bits per heavy atom. The molecule has 1 fully saturated rings. The van der Waals surface area contributed by atoms with E-state index < -0.39 is 11.8 Å². The van der Waals surface area contributed by atoms with Crippen molar-refractivity contribution in [2.45, 2.75) is 32.2 Å². The molecule has 8 heteroatoms. The number of carbonyl (C=O) groups is 2. The van der Waals surface area contributed by atoms with Gasteiger partial charge in [0.25, 0.3) is 5.91 Å². The van der Waals surface area contributed by atoms with Crippen LogP contribution in [0.15, 0.2) is 66.7 Å². The van der Waals surface area contributed by atoms with Gasteiger partial charge in [-0.1, -0.05) is 41.9 Å². The summed E-state index contributed by atoms with van der Waals surface area (Å²) in [5, 5.41) is 8.37. The Morgan fingerprint density at radius 2 is 1.57 bits per heavy atom. The van der Waals surface area contributed by atoms with Gasteiger partial charge in [0.05, 0.1) is 16.6 Å². The van der Waals surface area contributed by atoms with E-state index in [1.54, 1.807) is 12.1 Å². The fraction of sp³-hybridized carbons (Fsp3) is 0.259. The number of halogens is 2. The third-order valence-corrected chi connectivity index (χ3v) is 6.31. The highest BCUT2D eigenvalue weighted by atomic mass is 35.5. The Kier molecular flexibility index (Phi) is 7.87. The number of hydrogen-bond donors (Lipinski definition) is 3. The molecule has 0 bridgehead atoms. The SMILES string of the molecule is C[C@@H](NC(=O)c1cc(NC(=O)Nc2ccc(F)c(Cl)c2)ccc1N1CCCCC1)c1ccccc1. The highest BCUT2D eigenvalue weighted by molar-refractivity contribution is 6.31. The summed E-state index contributed by atoms with van der Waals surface area (Å²) in [7, 11) is 0. The van der Waals surface area contributed by atoms with Crippen LogP contribution >= 0.6 is 11.6 Å². The van der Waals surface area contributed by atoms with E-state index in [-0.39, 0.29) is 17.0 Å². The summed E-state index contributed by atoms with van der Waals surface area (Å²) < 4.78 is 13.4. The smallest absolute Gasteiger partial charge is 0.323 e. The zero-order valence-corrected chi connectivity index (χ0v) is 20.2. The molecule has 0 radical (unpaired) electrons. The van der Waals surface area contributed by atoms with Crippen molar-refractivity contribution < 1.29 is 14.0 Å². The van der Waals surface area contributed by atoms with E-state index in [0.717, 1.165) is 37.2 Å². The van der Waals surface area contributed by atoms with E-state index in [4.69, 9.17) is 11.6 Å². The lowest BCUT2D eigenvalue weighted by Gasteiger charge is -2.31. The van der Waals surface area contributed by atoms with Gasteiger partial charge in [-0.05, 0) is 68.1 Å². The molecule has 0 aromatic heterocycles. The quantitative estimate of drug-likeness (QED) is 0.361. The van der Waals surface area contributed by atoms with Gasteiger partial charge < -0.3 is 20.9 Å². The first kappa shape index (κ1) is 24.5. The van der Waals surface area contributed by atoms with E-state index in [2.05, 4.69) is 20.9 Å². The summed E-state index contributed by atoms with van der Waals surface area (Å²) in [5.74, 6) is -0.775. The van der Waals surface area contributed by atoms with Crippen molar-refractivity contribution in [2.75, 3.05) is 28.6 Å². The number of piperidine rings is 1. The van der Waals surface area contributed by atoms with Gasteiger partial charge in [-0.2, -0.15) is 0 Å². The van der Waals surface area contributed by atoms with E-state index in [1.807, 2.05) is 43.3 Å². The standard InChI is InChI=1S/C27H28ClFN4O2/c1-18(19-8-4-2-5-9-19)30-26(34)22-16-20(11-13-25(22)33-14-6-3-7-15-33)31-27(35)32-21-10-12-24(29)23(28)17-21/h2,4-5,8-13,16-18H,3,6-7,14-15H2,1H3,(H,30,34)(H2,31,32,35)/t18-/m1/s1. The zero-order chi connectivity index (χ0) is 24.8. The molecule has 6 nitrogen and oxygen atoms in total. The second-order valence-electron chi connectivity index (χ2n) is 8.59. The van der Waals surface area contributed by atoms with E-state index in [0.29, 0.717) is 16.9 Å². The summed E-state index contributed by atoms with van der Waals surface area (Å²) in [4.78, 5) is 28.1. The Bertz CT molecular complexity index is 1200. The number of nitrogens with one attached hydrogen (secondary N) is 3. The van der Waals surface area contributed by atoms with Gasteiger partial charge in [0.2, 0.25) is 0 Å². The van der Waals surface area contributed by atoms with Crippen LogP contribution < -0.4 is 20.9 Å². The van der Waals surface area contributed by atoms with E-state index in [9.17, 15) is 14.0 Å². The molecule has 3 N–H and O–H groups in total. The molecular formula is C27H28ClFN4O2. The first-order valence-electron chi connectivity index (χ1n) is 11.7. The second kappa shape index (κ2) is 11.2. The van der Waals surface area contributed by atoms with Crippen LogP contribution in [0.4, 0.5) is 26.2 Å². The van der Waals surface area contributed by atoms with Crippen LogP contribution in [-0.4, -0.2) is 25.0 Å². The molecule has 0 unspecified atom stereocenters. The lowest BCUT2D eigenvalue weighted by molar-refractivity contribution is 0.0940. The number of rotatable bonds is 6. The molecule has 182 valence electrons. The fourth-order valence-electron chi connectivity index (χ4n) is 4.17. The second-order valence-corrected chi connectivity index (χ2v) is 9.00. The summed E-state index contributed by atoms with van der Waals surface area (Å²) >= 11 is 5.79. The lowest BCUT2D eigenvalue weighted by atomic mass is 10.0. The van der Waals surface area contributed by atoms with Crippen molar-refractivity contribution in [3.8, 4) is 0 Å². The third kappa shape index (κ3) is 6.31. The normalized spacial score (nSPS) is 14.2. The molecule has 0 aliphatic carbocycles. The molecule has 1 aliphatic heterocycles. The molecule has 0 saturated carbocycles. The van der Waals surface area contributed by atoms with Crippen LogP contribution in [0.5, 0.6) is 0 Å². The van der Waals surface area contributed by atoms with Gasteiger partial charge in [0.15, 0.2) is 0 Å². The molecule has 1 saturated heterocycles. The van der Waals surface area contributed by atoms with Crippen molar-refractivity contribution in [3.05, 3.63) is 88.7 Å². The summed E-state index contributed by atoms with van der Waals surface area (Å²) in [5.41, 5.74) is 3.17. The maximum absolute atomic E-state index is 13.4. The fourth-order valence-corrected chi connectivity index (χ4v) is 4.35. The monoisotopic (exact) mass is 494 g/mol. The first-order chi connectivity index (χ1) is 16.9. The average Bonchev–Trinajstić information content (AvgIpc) is 2.87. The predicted octanol–water partition coefficient (Wildman–Crippen LogP) is 6.60. The molecule has 3 aromatic rings. The van der Waals surface area contributed by atoms with Crippen LogP contribution in [0.2, 0.25) is 5.02 Å². The van der Waals surface area contributed by atoms with Crippen molar-refractivity contribution in [1.82, 2.24) is 5.32 Å². The molecule has 3 amide bonds. The topological polar surface area (TPSA) is 73.5 Å². The number of carbonyl (C=O) groups excluding carboxylic acids is 2. The van der Waals surface area contributed by atoms with Crippen molar-refractivity contribution >= 4 is 40.6 Å². The zero-order valence-electron chi connectivity index (χ0n) is 19.5. The Morgan fingerprint density at radius 1 is 0.914 bits per heavy atom. The number of nitrogens with zero attached hydrogens (tertiary/aromatic N) is 1. The average molecular weight is 495 g/mol. The molecule has 0 spiro atoms. The van der Waals surface area contributed by atoms with E-state index >= 15 is 0 Å². The molecule has 3 aromatic carbocycles. The van der Waals surface area contributed by atoms with Gasteiger partial charge in [-0.25, -0.2) is 9.18 Å². The van der Waals surface area contributed by atoms with Gasteiger partial charge in [-0.15, -0.1) is 0 Å². The Labute approximate surface area is 209 Å². The summed E-state index contributed by atoms with van der Waals surface area (Å²) in [6.07, 6.45) is 3.32.